The molecule has 1 aromatic heterocycles. The van der Waals surface area contributed by atoms with E-state index in [9.17, 15) is 13.2 Å². The Balaban J connectivity index is 2.62. The summed E-state index contributed by atoms with van der Waals surface area (Å²) in [5.74, 6) is -2.79. The fourth-order valence-corrected chi connectivity index (χ4v) is 2.13. The third-order valence-electron chi connectivity index (χ3n) is 1.86. The van der Waals surface area contributed by atoms with Gasteiger partial charge < -0.3 is 0 Å². The Morgan fingerprint density at radius 3 is 2.07 bits per heavy atom. The molecule has 0 nitrogen and oxygen atoms in total. The Bertz CT molecular complexity index is 484. The van der Waals surface area contributed by atoms with Gasteiger partial charge >= 0.3 is 0 Å². The summed E-state index contributed by atoms with van der Waals surface area (Å²) < 4.78 is 39.6. The Labute approximate surface area is 92.9 Å². The third-order valence-corrected chi connectivity index (χ3v) is 2.95. The van der Waals surface area contributed by atoms with E-state index in [0.717, 1.165) is 11.3 Å². The summed E-state index contributed by atoms with van der Waals surface area (Å²) in [4.78, 5) is 0. The van der Waals surface area contributed by atoms with Gasteiger partial charge in [0.15, 0.2) is 0 Å². The van der Waals surface area contributed by atoms with E-state index in [2.05, 4.69) is 0 Å². The molecule has 2 rings (SSSR count). The lowest BCUT2D eigenvalue weighted by Crippen LogP contribution is -1.90. The molecule has 0 bridgehead atoms. The maximum atomic E-state index is 13.3. The van der Waals surface area contributed by atoms with Gasteiger partial charge in [-0.05, 0) is 11.6 Å². The van der Waals surface area contributed by atoms with Crippen LogP contribution in [0.3, 0.4) is 0 Å². The molecule has 1 heterocycles. The van der Waals surface area contributed by atoms with Gasteiger partial charge in [-0.2, -0.15) is 0 Å². The maximum Gasteiger partial charge on any atom is 0.136 e. The number of benzene rings is 1. The van der Waals surface area contributed by atoms with Gasteiger partial charge in [0.05, 0.1) is 9.90 Å². The van der Waals surface area contributed by atoms with Crippen LogP contribution in [-0.4, -0.2) is 0 Å². The third kappa shape index (κ3) is 2.01. The molecule has 78 valence electrons. The lowest BCUT2D eigenvalue weighted by Gasteiger charge is -2.02. The summed E-state index contributed by atoms with van der Waals surface area (Å²) in [5.41, 5.74) is 0.0690. The number of rotatable bonds is 1. The molecule has 0 unspecified atom stereocenters. The van der Waals surface area contributed by atoms with Gasteiger partial charge in [0.25, 0.3) is 0 Å². The lowest BCUT2D eigenvalue weighted by atomic mass is 10.1. The molecule has 0 amide bonds. The molecule has 1 aromatic carbocycles. The fourth-order valence-electron chi connectivity index (χ4n) is 1.26. The molecule has 15 heavy (non-hydrogen) atoms. The predicted molar refractivity (Wildman–Crippen MR) is 54.6 cm³/mol. The quantitative estimate of drug-likeness (QED) is 0.698. The summed E-state index contributed by atoms with van der Waals surface area (Å²) in [6.07, 6.45) is 0. The van der Waals surface area contributed by atoms with Crippen LogP contribution in [-0.2, 0) is 0 Å². The molecule has 0 fully saturated rings. The van der Waals surface area contributed by atoms with E-state index < -0.39 is 17.5 Å². The maximum absolute atomic E-state index is 13.3. The minimum atomic E-state index is -0.935. The van der Waals surface area contributed by atoms with Crippen LogP contribution in [0.25, 0.3) is 11.1 Å². The molecule has 0 aliphatic carbocycles. The zero-order chi connectivity index (χ0) is 11.0. The molecule has 0 radical (unpaired) electrons. The molecular formula is C10H4ClF3S. The van der Waals surface area contributed by atoms with Crippen molar-refractivity contribution in [2.24, 2.45) is 0 Å². The van der Waals surface area contributed by atoms with E-state index in [4.69, 9.17) is 11.6 Å². The summed E-state index contributed by atoms with van der Waals surface area (Å²) in [6, 6.07) is 2.72. The van der Waals surface area contributed by atoms with Crippen molar-refractivity contribution in [3.63, 3.8) is 0 Å². The first-order valence-electron chi connectivity index (χ1n) is 3.97. The summed E-state index contributed by atoms with van der Waals surface area (Å²) >= 11 is 6.80. The van der Waals surface area contributed by atoms with Crippen molar-refractivity contribution in [1.82, 2.24) is 0 Å². The SMILES string of the molecule is Fc1cc(F)c(-c2csc(Cl)c2)c(F)c1. The van der Waals surface area contributed by atoms with Gasteiger partial charge in [-0.25, -0.2) is 13.2 Å². The predicted octanol–water partition coefficient (Wildman–Crippen LogP) is 4.49. The van der Waals surface area contributed by atoms with Crippen LogP contribution in [0.2, 0.25) is 4.34 Å². The van der Waals surface area contributed by atoms with Crippen molar-refractivity contribution in [1.29, 1.82) is 0 Å². The Morgan fingerprint density at radius 1 is 1.00 bits per heavy atom. The van der Waals surface area contributed by atoms with Crippen LogP contribution in [0.4, 0.5) is 13.2 Å². The van der Waals surface area contributed by atoms with E-state index in [-0.39, 0.29) is 5.56 Å². The summed E-state index contributed by atoms with van der Waals surface area (Å²) in [6.45, 7) is 0. The number of hydrogen-bond donors (Lipinski definition) is 0. The summed E-state index contributed by atoms with van der Waals surface area (Å²) in [7, 11) is 0. The van der Waals surface area contributed by atoms with Gasteiger partial charge in [0.1, 0.15) is 17.5 Å². The smallest absolute Gasteiger partial charge is 0.136 e. The highest BCUT2D eigenvalue weighted by Crippen LogP contribution is 2.32. The highest BCUT2D eigenvalue weighted by Gasteiger charge is 2.14. The summed E-state index contributed by atoms with van der Waals surface area (Å²) in [5, 5.41) is 1.52. The molecule has 5 heteroatoms. The Morgan fingerprint density at radius 2 is 1.60 bits per heavy atom. The molecule has 0 N–H and O–H groups in total. The number of thiophene rings is 1. The van der Waals surface area contributed by atoms with Crippen molar-refractivity contribution in [3.8, 4) is 11.1 Å². The molecule has 0 aliphatic rings. The lowest BCUT2D eigenvalue weighted by molar-refractivity contribution is 0.548. The van der Waals surface area contributed by atoms with Crippen molar-refractivity contribution in [2.45, 2.75) is 0 Å². The molecule has 2 aromatic rings. The topological polar surface area (TPSA) is 0 Å². The van der Waals surface area contributed by atoms with Crippen LogP contribution < -0.4 is 0 Å². The van der Waals surface area contributed by atoms with Gasteiger partial charge in [0, 0.05) is 17.5 Å². The van der Waals surface area contributed by atoms with Crippen LogP contribution in [0.1, 0.15) is 0 Å². The second-order valence-corrected chi connectivity index (χ2v) is 4.43. The van der Waals surface area contributed by atoms with Gasteiger partial charge in [0.2, 0.25) is 0 Å². The van der Waals surface area contributed by atoms with E-state index >= 15 is 0 Å². The molecule has 0 saturated carbocycles. The van der Waals surface area contributed by atoms with Crippen LogP contribution in [0, 0.1) is 17.5 Å². The van der Waals surface area contributed by atoms with Gasteiger partial charge in [-0.1, -0.05) is 11.6 Å². The minimum absolute atomic E-state index is 0.250. The first-order chi connectivity index (χ1) is 7.08. The average Bonchev–Trinajstić information content (AvgIpc) is 2.49. The normalized spacial score (nSPS) is 10.7. The van der Waals surface area contributed by atoms with Crippen LogP contribution in [0.15, 0.2) is 23.6 Å². The number of halogens is 4. The Kier molecular flexibility index (Phi) is 2.71. The highest BCUT2D eigenvalue weighted by molar-refractivity contribution is 7.14. The standard InChI is InChI=1S/C10H4ClF3S/c11-9-1-5(4-15-9)10-7(13)2-6(12)3-8(10)14/h1-4H. The van der Waals surface area contributed by atoms with Gasteiger partial charge in [-0.15, -0.1) is 11.3 Å². The zero-order valence-electron chi connectivity index (χ0n) is 7.23. The van der Waals surface area contributed by atoms with Crippen LogP contribution >= 0.6 is 22.9 Å². The zero-order valence-corrected chi connectivity index (χ0v) is 8.80. The van der Waals surface area contributed by atoms with Crippen molar-refractivity contribution < 1.29 is 13.2 Å². The molecule has 0 saturated heterocycles. The van der Waals surface area contributed by atoms with Crippen molar-refractivity contribution >= 4 is 22.9 Å². The monoisotopic (exact) mass is 248 g/mol. The highest BCUT2D eigenvalue weighted by atomic mass is 35.5. The van der Waals surface area contributed by atoms with E-state index in [1.807, 2.05) is 0 Å². The molecular weight excluding hydrogens is 245 g/mol. The largest absolute Gasteiger partial charge is 0.207 e. The first-order valence-corrected chi connectivity index (χ1v) is 5.22. The minimum Gasteiger partial charge on any atom is -0.207 e. The Hall–Kier alpha value is -1.00. The average molecular weight is 249 g/mol. The fraction of sp³-hybridized carbons (Fsp3) is 0. The number of hydrogen-bond acceptors (Lipinski definition) is 1. The first kappa shape index (κ1) is 10.5. The van der Waals surface area contributed by atoms with E-state index in [1.165, 1.54) is 11.4 Å². The van der Waals surface area contributed by atoms with E-state index in [0.29, 0.717) is 22.0 Å². The molecule has 0 spiro atoms. The molecule has 0 aliphatic heterocycles. The van der Waals surface area contributed by atoms with Gasteiger partial charge in [-0.3, -0.25) is 0 Å². The second kappa shape index (κ2) is 3.87. The molecule has 0 atom stereocenters. The van der Waals surface area contributed by atoms with Crippen molar-refractivity contribution in [3.05, 3.63) is 45.4 Å². The van der Waals surface area contributed by atoms with Crippen molar-refractivity contribution in [2.75, 3.05) is 0 Å². The second-order valence-electron chi connectivity index (χ2n) is 2.88. The van der Waals surface area contributed by atoms with E-state index in [1.54, 1.807) is 0 Å². The van der Waals surface area contributed by atoms with Crippen LogP contribution in [0.5, 0.6) is 0 Å².